The minimum atomic E-state index is -0.386. The molecule has 0 saturated heterocycles. The Balaban J connectivity index is 1.89. The molecule has 0 fully saturated rings. The molecule has 1 aliphatic heterocycles. The van der Waals surface area contributed by atoms with Crippen molar-refractivity contribution in [1.29, 1.82) is 5.26 Å². The molecule has 0 spiro atoms. The first-order chi connectivity index (χ1) is 14.2. The van der Waals surface area contributed by atoms with E-state index in [1.165, 1.54) is 11.3 Å². The fourth-order valence-corrected chi connectivity index (χ4v) is 4.53. The summed E-state index contributed by atoms with van der Waals surface area (Å²) in [5.41, 5.74) is 6.58. The Morgan fingerprint density at radius 2 is 1.97 bits per heavy atom. The highest BCUT2D eigenvalue weighted by atomic mass is 16.1. The number of nitrogens with zero attached hydrogens (tertiary/aromatic N) is 2. The number of aryl methyl sites for hydroxylation is 2. The smallest absolute Gasteiger partial charge is 0.266 e. The molecule has 0 unspecified atom stereocenters. The third kappa shape index (κ3) is 4.26. The van der Waals surface area contributed by atoms with Gasteiger partial charge in [-0.2, -0.15) is 5.26 Å². The summed E-state index contributed by atoms with van der Waals surface area (Å²) in [5, 5.41) is 12.4. The Hall–Kier alpha value is -3.06. The maximum absolute atomic E-state index is 12.7. The lowest BCUT2D eigenvalue weighted by atomic mass is 9.79. The standard InChI is InChI=1S/C26H31N3O/c1-7-29-24-11-9-20(14-23(24)19(4)15-26(29,5)6)13-21(16-27)25(30)28-22-10-8-17(2)18(3)12-22/h8-14,19H,7,15H2,1-6H3,(H,28,30)/b21-13-/t19-/m0/s1. The van der Waals surface area contributed by atoms with Gasteiger partial charge in [0.1, 0.15) is 11.6 Å². The molecule has 0 aliphatic carbocycles. The zero-order valence-electron chi connectivity index (χ0n) is 18.8. The molecule has 1 atom stereocenters. The van der Waals surface area contributed by atoms with Crippen LogP contribution < -0.4 is 10.2 Å². The summed E-state index contributed by atoms with van der Waals surface area (Å²) < 4.78 is 0. The minimum Gasteiger partial charge on any atom is -0.366 e. The molecule has 156 valence electrons. The Labute approximate surface area is 180 Å². The molecular formula is C26H31N3O. The van der Waals surface area contributed by atoms with E-state index in [4.69, 9.17) is 0 Å². The van der Waals surface area contributed by atoms with Crippen molar-refractivity contribution in [2.75, 3.05) is 16.8 Å². The number of fused-ring (bicyclic) bond motifs is 1. The van der Waals surface area contributed by atoms with Gasteiger partial charge < -0.3 is 10.2 Å². The van der Waals surface area contributed by atoms with E-state index in [0.717, 1.165) is 29.7 Å². The van der Waals surface area contributed by atoms with Crippen LogP contribution in [0.15, 0.2) is 42.0 Å². The lowest BCUT2D eigenvalue weighted by Gasteiger charge is -2.47. The Morgan fingerprint density at radius 3 is 2.60 bits per heavy atom. The van der Waals surface area contributed by atoms with E-state index in [-0.39, 0.29) is 17.0 Å². The molecule has 1 N–H and O–H groups in total. The van der Waals surface area contributed by atoms with E-state index in [0.29, 0.717) is 11.6 Å². The van der Waals surface area contributed by atoms with Crippen LogP contribution in [0.1, 0.15) is 62.3 Å². The zero-order valence-corrected chi connectivity index (χ0v) is 18.8. The minimum absolute atomic E-state index is 0.101. The summed E-state index contributed by atoms with van der Waals surface area (Å²) in [6.07, 6.45) is 2.75. The fourth-order valence-electron chi connectivity index (χ4n) is 4.53. The van der Waals surface area contributed by atoms with Gasteiger partial charge >= 0.3 is 0 Å². The van der Waals surface area contributed by atoms with Crippen LogP contribution >= 0.6 is 0 Å². The van der Waals surface area contributed by atoms with Crippen LogP contribution in [0, 0.1) is 25.2 Å². The van der Waals surface area contributed by atoms with Crippen LogP contribution in [0.2, 0.25) is 0 Å². The molecule has 0 aromatic heterocycles. The Bertz CT molecular complexity index is 1040. The molecule has 3 rings (SSSR count). The van der Waals surface area contributed by atoms with Crippen LogP contribution in [0.5, 0.6) is 0 Å². The van der Waals surface area contributed by atoms with Crippen molar-refractivity contribution < 1.29 is 4.79 Å². The van der Waals surface area contributed by atoms with Gasteiger partial charge in [-0.05, 0) is 99.6 Å². The number of anilines is 2. The molecule has 1 amide bonds. The van der Waals surface area contributed by atoms with Crippen LogP contribution in [-0.4, -0.2) is 18.0 Å². The largest absolute Gasteiger partial charge is 0.366 e. The van der Waals surface area contributed by atoms with Gasteiger partial charge in [-0.3, -0.25) is 4.79 Å². The fraction of sp³-hybridized carbons (Fsp3) is 0.385. The summed E-state index contributed by atoms with van der Waals surface area (Å²) >= 11 is 0. The third-order valence-corrected chi connectivity index (χ3v) is 6.17. The number of nitriles is 1. The molecule has 0 bridgehead atoms. The van der Waals surface area contributed by atoms with Crippen molar-refractivity contribution in [3.63, 3.8) is 0 Å². The number of nitrogens with one attached hydrogen (secondary N) is 1. The first-order valence-electron chi connectivity index (χ1n) is 10.6. The monoisotopic (exact) mass is 401 g/mol. The quantitative estimate of drug-likeness (QED) is 0.508. The molecule has 1 aliphatic rings. The van der Waals surface area contributed by atoms with Crippen molar-refractivity contribution in [3.8, 4) is 6.07 Å². The van der Waals surface area contributed by atoms with E-state index in [1.54, 1.807) is 6.08 Å². The first kappa shape index (κ1) is 21.6. The van der Waals surface area contributed by atoms with Gasteiger partial charge in [-0.1, -0.05) is 19.1 Å². The predicted octanol–water partition coefficient (Wildman–Crippen LogP) is 5.96. The average molecular weight is 402 g/mol. The van der Waals surface area contributed by atoms with Crippen LogP contribution in [-0.2, 0) is 4.79 Å². The molecule has 4 nitrogen and oxygen atoms in total. The van der Waals surface area contributed by atoms with Crippen molar-refractivity contribution in [2.45, 2.75) is 59.4 Å². The van der Waals surface area contributed by atoms with E-state index < -0.39 is 0 Å². The molecular weight excluding hydrogens is 370 g/mol. The van der Waals surface area contributed by atoms with Gasteiger partial charge in [0, 0.05) is 23.5 Å². The molecule has 4 heteroatoms. The number of benzene rings is 2. The van der Waals surface area contributed by atoms with Gasteiger partial charge in [0.2, 0.25) is 0 Å². The van der Waals surface area contributed by atoms with Crippen molar-refractivity contribution in [1.82, 2.24) is 0 Å². The number of carbonyl (C=O) groups is 1. The number of rotatable bonds is 4. The summed E-state index contributed by atoms with van der Waals surface area (Å²) in [4.78, 5) is 15.1. The van der Waals surface area contributed by atoms with Crippen LogP contribution in [0.3, 0.4) is 0 Å². The molecule has 1 heterocycles. The summed E-state index contributed by atoms with van der Waals surface area (Å²) in [7, 11) is 0. The second-order valence-electron chi connectivity index (χ2n) is 8.90. The Kier molecular flexibility index (Phi) is 6.03. The van der Waals surface area contributed by atoms with Gasteiger partial charge in [0.25, 0.3) is 5.91 Å². The highest BCUT2D eigenvalue weighted by Gasteiger charge is 2.35. The number of hydrogen-bond donors (Lipinski definition) is 1. The SMILES string of the molecule is CCN1c2ccc(/C=C(/C#N)C(=O)Nc3ccc(C)c(C)c3)cc2[C@@H](C)CC1(C)C. The molecule has 30 heavy (non-hydrogen) atoms. The topological polar surface area (TPSA) is 56.1 Å². The average Bonchev–Trinajstić information content (AvgIpc) is 2.68. The number of carbonyl (C=O) groups excluding carboxylic acids is 1. The first-order valence-corrected chi connectivity index (χ1v) is 10.6. The molecule has 2 aromatic carbocycles. The van der Waals surface area contributed by atoms with Gasteiger partial charge in [-0.15, -0.1) is 0 Å². The molecule has 0 saturated carbocycles. The van der Waals surface area contributed by atoms with Crippen molar-refractivity contribution in [3.05, 3.63) is 64.2 Å². The summed E-state index contributed by atoms with van der Waals surface area (Å²) in [6, 6.07) is 14.0. The van der Waals surface area contributed by atoms with Gasteiger partial charge in [0.05, 0.1) is 0 Å². The van der Waals surface area contributed by atoms with Crippen molar-refractivity contribution >= 4 is 23.4 Å². The molecule has 2 aromatic rings. The Morgan fingerprint density at radius 1 is 1.23 bits per heavy atom. The normalized spacial score (nSPS) is 17.8. The maximum atomic E-state index is 12.7. The number of amides is 1. The van der Waals surface area contributed by atoms with Gasteiger partial charge in [-0.25, -0.2) is 0 Å². The second kappa shape index (κ2) is 8.36. The second-order valence-corrected chi connectivity index (χ2v) is 8.90. The summed E-state index contributed by atoms with van der Waals surface area (Å²) in [6.45, 7) is 14.0. The van der Waals surface area contributed by atoms with E-state index >= 15 is 0 Å². The predicted molar refractivity (Wildman–Crippen MR) is 125 cm³/mol. The zero-order chi connectivity index (χ0) is 22.1. The molecule has 0 radical (unpaired) electrons. The van der Waals surface area contributed by atoms with E-state index in [9.17, 15) is 10.1 Å². The third-order valence-electron chi connectivity index (χ3n) is 6.17. The van der Waals surface area contributed by atoms with Crippen LogP contribution in [0.25, 0.3) is 6.08 Å². The van der Waals surface area contributed by atoms with E-state index in [2.05, 4.69) is 56.1 Å². The van der Waals surface area contributed by atoms with Crippen LogP contribution in [0.4, 0.5) is 11.4 Å². The number of hydrogen-bond acceptors (Lipinski definition) is 3. The summed E-state index contributed by atoms with van der Waals surface area (Å²) in [5.74, 6) is 0.0314. The lowest BCUT2D eigenvalue weighted by Crippen LogP contribution is -2.48. The highest BCUT2D eigenvalue weighted by molar-refractivity contribution is 6.09. The van der Waals surface area contributed by atoms with E-state index in [1.807, 2.05) is 38.1 Å². The van der Waals surface area contributed by atoms with Crippen molar-refractivity contribution in [2.24, 2.45) is 0 Å². The highest BCUT2D eigenvalue weighted by Crippen LogP contribution is 2.43. The lowest BCUT2D eigenvalue weighted by molar-refractivity contribution is -0.112. The maximum Gasteiger partial charge on any atom is 0.266 e. The van der Waals surface area contributed by atoms with Gasteiger partial charge in [0.15, 0.2) is 0 Å².